The molecule has 1 fully saturated rings. The first-order valence-corrected chi connectivity index (χ1v) is 12.4. The summed E-state index contributed by atoms with van der Waals surface area (Å²) >= 11 is 0. The first-order chi connectivity index (χ1) is 16.8. The molecule has 36 heavy (non-hydrogen) atoms. The van der Waals surface area contributed by atoms with Crippen LogP contribution < -0.4 is 0 Å². The lowest BCUT2D eigenvalue weighted by atomic mass is 9.84. The van der Waals surface area contributed by atoms with Crippen LogP contribution in [0.1, 0.15) is 74.9 Å². The number of benzene rings is 2. The molecule has 1 saturated heterocycles. The summed E-state index contributed by atoms with van der Waals surface area (Å²) < 4.78 is 0. The number of phenolic OH excluding ortho intramolecular Hbond substituents is 2. The number of piperazine rings is 1. The Morgan fingerprint density at radius 1 is 0.667 bits per heavy atom. The number of rotatable bonds is 6. The van der Waals surface area contributed by atoms with Gasteiger partial charge in [0, 0.05) is 61.5 Å². The predicted octanol–water partition coefficient (Wildman–Crippen LogP) is 4.63. The van der Waals surface area contributed by atoms with Crippen molar-refractivity contribution < 1.29 is 20.6 Å². The van der Waals surface area contributed by atoms with E-state index in [2.05, 4.69) is 61.7 Å². The van der Waals surface area contributed by atoms with Crippen LogP contribution >= 0.6 is 0 Å². The third-order valence-electron chi connectivity index (χ3n) is 6.82. The number of oxime groups is 2. The van der Waals surface area contributed by atoms with E-state index >= 15 is 0 Å². The van der Waals surface area contributed by atoms with E-state index < -0.39 is 0 Å². The maximum absolute atomic E-state index is 10.8. The summed E-state index contributed by atoms with van der Waals surface area (Å²) in [5, 5.41) is 45.9. The predicted molar refractivity (Wildman–Crippen MR) is 143 cm³/mol. The zero-order chi connectivity index (χ0) is 26.7. The van der Waals surface area contributed by atoms with Gasteiger partial charge in [-0.1, -0.05) is 64.0 Å². The van der Waals surface area contributed by atoms with Gasteiger partial charge in [0.15, 0.2) is 0 Å². The van der Waals surface area contributed by atoms with Gasteiger partial charge in [-0.15, -0.1) is 0 Å². The SMILES string of the molecule is CC(C)(C)c1cc(/C=N/O)c(O)c(CN2CCN(Cc3cc(C(C)(C)C)cc(/C=N/O)c3O)CC2)c1. The van der Waals surface area contributed by atoms with E-state index in [-0.39, 0.29) is 22.3 Å². The Balaban J connectivity index is 1.74. The summed E-state index contributed by atoms with van der Waals surface area (Å²) in [4.78, 5) is 4.60. The van der Waals surface area contributed by atoms with E-state index in [1.807, 2.05) is 24.3 Å². The zero-order valence-electron chi connectivity index (χ0n) is 22.3. The average molecular weight is 497 g/mol. The molecule has 0 bridgehead atoms. The minimum atomic E-state index is -0.109. The van der Waals surface area contributed by atoms with E-state index in [9.17, 15) is 10.2 Å². The normalized spacial score (nSPS) is 16.4. The molecule has 0 amide bonds. The van der Waals surface area contributed by atoms with Crippen LogP contribution in [0, 0.1) is 0 Å². The van der Waals surface area contributed by atoms with Crippen molar-refractivity contribution in [1.29, 1.82) is 0 Å². The van der Waals surface area contributed by atoms with Crippen molar-refractivity contribution in [1.82, 2.24) is 9.80 Å². The first kappa shape index (κ1) is 27.5. The molecule has 2 aromatic carbocycles. The summed E-state index contributed by atoms with van der Waals surface area (Å²) in [7, 11) is 0. The molecule has 3 rings (SSSR count). The van der Waals surface area contributed by atoms with Gasteiger partial charge in [-0.05, 0) is 34.1 Å². The van der Waals surface area contributed by atoms with E-state index in [4.69, 9.17) is 10.4 Å². The fraction of sp³-hybridized carbons (Fsp3) is 0.500. The number of nitrogens with zero attached hydrogens (tertiary/aromatic N) is 4. The number of hydrogen-bond acceptors (Lipinski definition) is 8. The first-order valence-electron chi connectivity index (χ1n) is 12.4. The molecule has 0 atom stereocenters. The molecular weight excluding hydrogens is 456 g/mol. The zero-order valence-corrected chi connectivity index (χ0v) is 22.3. The molecule has 8 heteroatoms. The molecule has 196 valence electrons. The van der Waals surface area contributed by atoms with Crippen LogP contribution in [0.15, 0.2) is 34.6 Å². The average Bonchev–Trinajstić information content (AvgIpc) is 2.79. The standard InChI is InChI=1S/C28H40N4O4/c1-27(2,3)23-11-19(15-29-35)25(33)21(13-23)17-31-7-9-32(10-8-31)18-22-14-24(28(4,5)6)12-20(16-30-36)26(22)34/h11-16,33-36H,7-10,17-18H2,1-6H3/b29-15+,30-16+. The van der Waals surface area contributed by atoms with Gasteiger partial charge in [-0.3, -0.25) is 9.80 Å². The molecule has 1 aliphatic heterocycles. The molecule has 8 nitrogen and oxygen atoms in total. The lowest BCUT2D eigenvalue weighted by Crippen LogP contribution is -2.45. The van der Waals surface area contributed by atoms with E-state index in [0.29, 0.717) is 24.2 Å². The quantitative estimate of drug-likeness (QED) is 0.264. The van der Waals surface area contributed by atoms with Crippen LogP contribution in [0.4, 0.5) is 0 Å². The lowest BCUT2D eigenvalue weighted by molar-refractivity contribution is 0.120. The van der Waals surface area contributed by atoms with Crippen LogP contribution in [0.5, 0.6) is 11.5 Å². The monoisotopic (exact) mass is 496 g/mol. The molecule has 0 saturated carbocycles. The van der Waals surface area contributed by atoms with Crippen LogP contribution in [0.25, 0.3) is 0 Å². The van der Waals surface area contributed by atoms with E-state index in [0.717, 1.165) is 48.4 Å². The van der Waals surface area contributed by atoms with Gasteiger partial charge in [0.25, 0.3) is 0 Å². The van der Waals surface area contributed by atoms with E-state index in [1.54, 1.807) is 0 Å². The molecule has 0 unspecified atom stereocenters. The van der Waals surface area contributed by atoms with Gasteiger partial charge in [-0.25, -0.2) is 0 Å². The maximum atomic E-state index is 10.8. The second-order valence-electron chi connectivity index (χ2n) is 11.7. The summed E-state index contributed by atoms with van der Waals surface area (Å²) in [6.45, 7) is 17.1. The van der Waals surface area contributed by atoms with Crippen molar-refractivity contribution in [3.63, 3.8) is 0 Å². The van der Waals surface area contributed by atoms with Gasteiger partial charge in [0.05, 0.1) is 12.4 Å². The summed E-state index contributed by atoms with van der Waals surface area (Å²) in [5.41, 5.74) is 4.57. The van der Waals surface area contributed by atoms with E-state index in [1.165, 1.54) is 12.4 Å². The van der Waals surface area contributed by atoms with Gasteiger partial charge >= 0.3 is 0 Å². The highest BCUT2D eigenvalue weighted by atomic mass is 16.4. The van der Waals surface area contributed by atoms with Crippen molar-refractivity contribution in [2.45, 2.75) is 65.5 Å². The topological polar surface area (TPSA) is 112 Å². The van der Waals surface area contributed by atoms with Crippen LogP contribution in [0.2, 0.25) is 0 Å². The highest BCUT2D eigenvalue weighted by Gasteiger charge is 2.24. The Morgan fingerprint density at radius 3 is 1.28 bits per heavy atom. The van der Waals surface area contributed by atoms with Crippen molar-refractivity contribution in [3.05, 3.63) is 57.6 Å². The Morgan fingerprint density at radius 2 is 1.00 bits per heavy atom. The number of hydrogen-bond donors (Lipinski definition) is 4. The lowest BCUT2D eigenvalue weighted by Gasteiger charge is -2.35. The minimum absolute atomic E-state index is 0.109. The molecule has 0 radical (unpaired) electrons. The summed E-state index contributed by atoms with van der Waals surface area (Å²) in [6, 6.07) is 7.81. The largest absolute Gasteiger partial charge is 0.507 e. The molecule has 2 aromatic rings. The van der Waals surface area contributed by atoms with Crippen molar-refractivity contribution >= 4 is 12.4 Å². The van der Waals surface area contributed by atoms with Crippen LogP contribution in [-0.2, 0) is 23.9 Å². The molecule has 1 heterocycles. The van der Waals surface area contributed by atoms with Crippen molar-refractivity contribution in [2.75, 3.05) is 26.2 Å². The fourth-order valence-electron chi connectivity index (χ4n) is 4.45. The van der Waals surface area contributed by atoms with Crippen LogP contribution in [-0.4, -0.2) is 69.0 Å². The smallest absolute Gasteiger partial charge is 0.128 e. The highest BCUT2D eigenvalue weighted by molar-refractivity contribution is 5.84. The molecular formula is C28H40N4O4. The summed E-state index contributed by atoms with van der Waals surface area (Å²) in [5.74, 6) is 0.287. The van der Waals surface area contributed by atoms with Gasteiger partial charge in [0.1, 0.15) is 11.5 Å². The molecule has 4 N–H and O–H groups in total. The van der Waals surface area contributed by atoms with Crippen LogP contribution in [0.3, 0.4) is 0 Å². The molecule has 0 spiro atoms. The third kappa shape index (κ3) is 6.56. The molecule has 1 aliphatic rings. The van der Waals surface area contributed by atoms with Gasteiger partial charge in [0.2, 0.25) is 0 Å². The summed E-state index contributed by atoms with van der Waals surface area (Å²) in [6.07, 6.45) is 2.56. The van der Waals surface area contributed by atoms with Gasteiger partial charge < -0.3 is 20.6 Å². The minimum Gasteiger partial charge on any atom is -0.507 e. The second kappa shape index (κ2) is 10.9. The van der Waals surface area contributed by atoms with Crippen molar-refractivity contribution in [2.24, 2.45) is 10.3 Å². The number of phenols is 2. The second-order valence-corrected chi connectivity index (χ2v) is 11.7. The maximum Gasteiger partial charge on any atom is 0.128 e. The molecule has 0 aromatic heterocycles. The molecule has 0 aliphatic carbocycles. The third-order valence-corrected chi connectivity index (χ3v) is 6.82. The Kier molecular flexibility index (Phi) is 8.31. The Hall–Kier alpha value is -3.10. The van der Waals surface area contributed by atoms with Crippen molar-refractivity contribution in [3.8, 4) is 11.5 Å². The van der Waals surface area contributed by atoms with Gasteiger partial charge in [-0.2, -0.15) is 0 Å². The fourth-order valence-corrected chi connectivity index (χ4v) is 4.45. The number of aromatic hydroxyl groups is 2. The highest BCUT2D eigenvalue weighted by Crippen LogP contribution is 2.33. The Labute approximate surface area is 214 Å². The Bertz CT molecular complexity index is 1030.